The molecule has 1 atom stereocenters. The van der Waals surface area contributed by atoms with Gasteiger partial charge in [-0.25, -0.2) is 4.79 Å². The minimum atomic E-state index is -1.000. The predicted octanol–water partition coefficient (Wildman–Crippen LogP) is 2.43. The number of alkyl carbamates (subject to hydrolysis) is 1. The molecule has 1 aromatic heterocycles. The first-order valence-corrected chi connectivity index (χ1v) is 6.31. The number of amides is 1. The van der Waals surface area contributed by atoms with Crippen molar-refractivity contribution in [2.24, 2.45) is 0 Å². The Morgan fingerprint density at radius 2 is 2.10 bits per heavy atom. The molecule has 2 N–H and O–H groups in total. The lowest BCUT2D eigenvalue weighted by molar-refractivity contribution is -0.137. The third-order valence-electron chi connectivity index (χ3n) is 2.39. The molecule has 6 heteroatoms. The Bertz CT molecular complexity index is 494. The zero-order valence-electron chi connectivity index (χ0n) is 12.1. The van der Waals surface area contributed by atoms with E-state index in [1.165, 1.54) is 0 Å². The van der Waals surface area contributed by atoms with Gasteiger partial charge in [0.05, 0.1) is 12.5 Å². The molecule has 0 aliphatic heterocycles. The van der Waals surface area contributed by atoms with Gasteiger partial charge in [0.25, 0.3) is 0 Å². The second-order valence-corrected chi connectivity index (χ2v) is 5.53. The maximum atomic E-state index is 11.8. The highest BCUT2D eigenvalue weighted by molar-refractivity contribution is 5.72. The number of nitrogens with one attached hydrogen (secondary N) is 1. The van der Waals surface area contributed by atoms with Gasteiger partial charge in [-0.05, 0) is 45.4 Å². The molecule has 110 valence electrons. The Hall–Kier alpha value is -2.11. The predicted molar refractivity (Wildman–Crippen MR) is 73.3 cm³/mol. The van der Waals surface area contributed by atoms with Crippen LogP contribution in [0.3, 0.4) is 0 Å². The van der Waals surface area contributed by atoms with Gasteiger partial charge in [0.1, 0.15) is 5.60 Å². The highest BCUT2D eigenvalue weighted by Crippen LogP contribution is 2.18. The number of pyridine rings is 1. The third kappa shape index (κ3) is 5.69. The van der Waals surface area contributed by atoms with Crippen molar-refractivity contribution in [1.82, 2.24) is 10.3 Å². The molecule has 1 aromatic rings. The van der Waals surface area contributed by atoms with Crippen LogP contribution >= 0.6 is 0 Å². The van der Waals surface area contributed by atoms with E-state index >= 15 is 0 Å². The van der Waals surface area contributed by atoms with E-state index in [1.54, 1.807) is 46.0 Å². The number of nitrogens with zero attached hydrogens (tertiary/aromatic N) is 1. The minimum Gasteiger partial charge on any atom is -0.481 e. The Kier molecular flexibility index (Phi) is 5.07. The third-order valence-corrected chi connectivity index (χ3v) is 2.39. The lowest BCUT2D eigenvalue weighted by Crippen LogP contribution is -2.35. The smallest absolute Gasteiger partial charge is 0.408 e. The first-order chi connectivity index (χ1) is 9.17. The van der Waals surface area contributed by atoms with Gasteiger partial charge in [-0.1, -0.05) is 0 Å². The summed E-state index contributed by atoms with van der Waals surface area (Å²) in [5.41, 5.74) is 0.807. The highest BCUT2D eigenvalue weighted by atomic mass is 16.6. The van der Waals surface area contributed by atoms with Crippen molar-refractivity contribution in [2.75, 3.05) is 0 Å². The summed E-state index contributed by atoms with van der Waals surface area (Å²) < 4.78 is 5.14. The number of aryl methyl sites for hydroxylation is 1. The Morgan fingerprint density at radius 3 is 2.60 bits per heavy atom. The molecule has 20 heavy (non-hydrogen) atoms. The summed E-state index contributed by atoms with van der Waals surface area (Å²) in [5.74, 6) is -1.000. The largest absolute Gasteiger partial charge is 0.481 e. The number of aromatic nitrogens is 1. The summed E-state index contributed by atoms with van der Waals surface area (Å²) in [7, 11) is 0. The summed E-state index contributed by atoms with van der Waals surface area (Å²) in [6.45, 7) is 7.04. The van der Waals surface area contributed by atoms with Crippen LogP contribution in [0.4, 0.5) is 4.79 Å². The number of ether oxygens (including phenoxy) is 1. The van der Waals surface area contributed by atoms with Gasteiger partial charge < -0.3 is 15.2 Å². The topological polar surface area (TPSA) is 88.5 Å². The van der Waals surface area contributed by atoms with Crippen LogP contribution in [0.1, 0.15) is 44.5 Å². The van der Waals surface area contributed by atoms with Gasteiger partial charge in [0, 0.05) is 11.9 Å². The van der Waals surface area contributed by atoms with Gasteiger partial charge >= 0.3 is 12.1 Å². The summed E-state index contributed by atoms with van der Waals surface area (Å²) in [6.07, 6.45) is 0.720. The zero-order valence-corrected chi connectivity index (χ0v) is 12.1. The summed E-state index contributed by atoms with van der Waals surface area (Å²) in [4.78, 5) is 26.7. The lowest BCUT2D eigenvalue weighted by Gasteiger charge is -2.23. The zero-order chi connectivity index (χ0) is 15.3. The van der Waals surface area contributed by atoms with Crippen LogP contribution in [0.15, 0.2) is 18.3 Å². The molecule has 0 fully saturated rings. The molecule has 1 amide bonds. The number of rotatable bonds is 4. The molecule has 0 saturated heterocycles. The summed E-state index contributed by atoms with van der Waals surface area (Å²) in [5, 5.41) is 11.5. The number of hydrogen-bond donors (Lipinski definition) is 2. The van der Waals surface area contributed by atoms with E-state index in [1.807, 2.05) is 0 Å². The van der Waals surface area contributed by atoms with Crippen LogP contribution in [0.25, 0.3) is 0 Å². The number of carbonyl (C=O) groups excluding carboxylic acids is 1. The molecule has 6 nitrogen and oxygen atoms in total. The van der Waals surface area contributed by atoms with Crippen molar-refractivity contribution in [2.45, 2.75) is 45.8 Å². The van der Waals surface area contributed by atoms with Crippen molar-refractivity contribution in [3.8, 4) is 0 Å². The van der Waals surface area contributed by atoms with Crippen LogP contribution < -0.4 is 5.32 Å². The summed E-state index contributed by atoms with van der Waals surface area (Å²) >= 11 is 0. The van der Waals surface area contributed by atoms with E-state index in [2.05, 4.69) is 10.3 Å². The normalized spacial score (nSPS) is 12.6. The van der Waals surface area contributed by atoms with Crippen molar-refractivity contribution in [3.05, 3.63) is 29.6 Å². The fraction of sp³-hybridized carbons (Fsp3) is 0.500. The molecule has 0 aliphatic rings. The summed E-state index contributed by atoms with van der Waals surface area (Å²) in [6, 6.07) is 2.77. The lowest BCUT2D eigenvalue weighted by atomic mass is 10.0. The van der Waals surface area contributed by atoms with Gasteiger partial charge in [-0.2, -0.15) is 0 Å². The van der Waals surface area contributed by atoms with E-state index in [4.69, 9.17) is 9.84 Å². The van der Waals surface area contributed by atoms with Crippen LogP contribution in [-0.2, 0) is 9.53 Å². The first-order valence-electron chi connectivity index (χ1n) is 6.31. The van der Waals surface area contributed by atoms with Crippen LogP contribution in [0.5, 0.6) is 0 Å². The van der Waals surface area contributed by atoms with Crippen LogP contribution in [0.2, 0.25) is 0 Å². The molecule has 0 aliphatic carbocycles. The van der Waals surface area contributed by atoms with E-state index in [0.717, 1.165) is 5.69 Å². The molecule has 1 heterocycles. The average Bonchev–Trinajstić information content (AvgIpc) is 2.24. The highest BCUT2D eigenvalue weighted by Gasteiger charge is 2.22. The van der Waals surface area contributed by atoms with E-state index < -0.39 is 23.7 Å². The molecule has 0 radical (unpaired) electrons. The SMILES string of the molecule is Cc1cc([C@@H](CC(=O)O)NC(=O)OC(C)(C)C)ccn1. The number of carboxylic acids is 1. The van der Waals surface area contributed by atoms with Crippen molar-refractivity contribution < 1.29 is 19.4 Å². The number of carbonyl (C=O) groups is 2. The fourth-order valence-electron chi connectivity index (χ4n) is 1.66. The van der Waals surface area contributed by atoms with Crippen LogP contribution in [0, 0.1) is 6.92 Å². The second-order valence-electron chi connectivity index (χ2n) is 5.53. The van der Waals surface area contributed by atoms with Gasteiger partial charge in [0.2, 0.25) is 0 Å². The molecule has 0 spiro atoms. The maximum Gasteiger partial charge on any atom is 0.408 e. The molecule has 0 bridgehead atoms. The molecular formula is C14H20N2O4. The van der Waals surface area contributed by atoms with Gasteiger partial charge in [-0.15, -0.1) is 0 Å². The van der Waals surface area contributed by atoms with Crippen molar-refractivity contribution >= 4 is 12.1 Å². The minimum absolute atomic E-state index is 0.220. The Morgan fingerprint density at radius 1 is 1.45 bits per heavy atom. The Balaban J connectivity index is 2.85. The van der Waals surface area contributed by atoms with Crippen LogP contribution in [-0.4, -0.2) is 27.8 Å². The quantitative estimate of drug-likeness (QED) is 0.884. The first kappa shape index (κ1) is 15.9. The standard InChI is InChI=1S/C14H20N2O4/c1-9-7-10(5-6-15-9)11(8-12(17)18)16-13(19)20-14(2,3)4/h5-7,11H,8H2,1-4H3,(H,16,19)(H,17,18)/t11-/m1/s1. The molecule has 1 rings (SSSR count). The maximum absolute atomic E-state index is 11.8. The number of hydrogen-bond acceptors (Lipinski definition) is 4. The van der Waals surface area contributed by atoms with E-state index in [0.29, 0.717) is 5.56 Å². The average molecular weight is 280 g/mol. The fourth-order valence-corrected chi connectivity index (χ4v) is 1.66. The van der Waals surface area contributed by atoms with Crippen molar-refractivity contribution in [3.63, 3.8) is 0 Å². The van der Waals surface area contributed by atoms with E-state index in [-0.39, 0.29) is 6.42 Å². The number of carboxylic acid groups (broad SMARTS) is 1. The monoisotopic (exact) mass is 280 g/mol. The second kappa shape index (κ2) is 6.36. The molecular weight excluding hydrogens is 260 g/mol. The Labute approximate surface area is 118 Å². The van der Waals surface area contributed by atoms with Crippen molar-refractivity contribution in [1.29, 1.82) is 0 Å². The molecule has 0 aromatic carbocycles. The number of aliphatic carboxylic acids is 1. The molecule has 0 saturated carbocycles. The van der Waals surface area contributed by atoms with E-state index in [9.17, 15) is 9.59 Å². The van der Waals surface area contributed by atoms with Gasteiger partial charge in [-0.3, -0.25) is 9.78 Å². The molecule has 0 unspecified atom stereocenters. The van der Waals surface area contributed by atoms with Gasteiger partial charge in [0.15, 0.2) is 0 Å².